The summed E-state index contributed by atoms with van der Waals surface area (Å²) in [5, 5.41) is 2.92. The molecule has 1 aliphatic rings. The van der Waals surface area contributed by atoms with Gasteiger partial charge in [-0.15, -0.1) is 0 Å². The van der Waals surface area contributed by atoms with Crippen molar-refractivity contribution in [1.82, 2.24) is 4.90 Å². The number of hydrogen-bond acceptors (Lipinski definition) is 4. The summed E-state index contributed by atoms with van der Waals surface area (Å²) >= 11 is 0. The Kier molecular flexibility index (Phi) is 8.30. The Morgan fingerprint density at radius 3 is 2.36 bits per heavy atom. The minimum absolute atomic E-state index is 0.0262. The van der Waals surface area contributed by atoms with Crippen molar-refractivity contribution in [3.63, 3.8) is 0 Å². The lowest BCUT2D eigenvalue weighted by Gasteiger charge is -2.29. The molecular formula is C22H34N2O4. The van der Waals surface area contributed by atoms with Crippen LogP contribution < -0.4 is 10.1 Å². The monoisotopic (exact) mass is 390 g/mol. The van der Waals surface area contributed by atoms with Crippen LogP contribution in [0.5, 0.6) is 5.75 Å². The van der Waals surface area contributed by atoms with Crippen LogP contribution in [0.1, 0.15) is 53.4 Å². The Labute approximate surface area is 168 Å². The molecule has 0 unspecified atom stereocenters. The number of benzene rings is 1. The molecule has 0 saturated carbocycles. The normalized spacial score (nSPS) is 16.5. The number of ether oxygens (including phenoxy) is 2. The van der Waals surface area contributed by atoms with Crippen LogP contribution in [-0.2, 0) is 14.3 Å². The third kappa shape index (κ3) is 6.51. The van der Waals surface area contributed by atoms with E-state index in [2.05, 4.69) is 19.2 Å². The molecule has 2 amide bonds. The summed E-state index contributed by atoms with van der Waals surface area (Å²) in [6.45, 7) is 10.0. The SMILES string of the molecule is CCO[C@@](C)(CC(C)C)C(=O)Nc1ccc(OCC(=O)N2CCCCC2)cc1. The molecule has 0 spiro atoms. The quantitative estimate of drug-likeness (QED) is 0.695. The van der Waals surface area contributed by atoms with Crippen LogP contribution in [0.3, 0.4) is 0 Å². The van der Waals surface area contributed by atoms with Gasteiger partial charge in [-0.2, -0.15) is 0 Å². The lowest BCUT2D eigenvalue weighted by Crippen LogP contribution is -2.43. The first-order valence-corrected chi connectivity index (χ1v) is 10.3. The van der Waals surface area contributed by atoms with Gasteiger partial charge in [-0.05, 0) is 69.7 Å². The number of anilines is 1. The number of nitrogens with one attached hydrogen (secondary N) is 1. The van der Waals surface area contributed by atoms with E-state index in [0.29, 0.717) is 30.4 Å². The number of piperidine rings is 1. The fourth-order valence-electron chi connectivity index (χ4n) is 3.59. The molecule has 0 bridgehead atoms. The van der Waals surface area contributed by atoms with Crippen molar-refractivity contribution in [3.8, 4) is 5.75 Å². The molecule has 156 valence electrons. The zero-order chi connectivity index (χ0) is 20.6. The predicted molar refractivity (Wildman–Crippen MR) is 110 cm³/mol. The fourth-order valence-corrected chi connectivity index (χ4v) is 3.59. The molecule has 1 aliphatic heterocycles. The first-order chi connectivity index (χ1) is 13.3. The molecule has 1 aromatic rings. The summed E-state index contributed by atoms with van der Waals surface area (Å²) in [7, 11) is 0. The molecule has 1 N–H and O–H groups in total. The van der Waals surface area contributed by atoms with E-state index in [1.54, 1.807) is 24.3 Å². The van der Waals surface area contributed by atoms with Crippen molar-refractivity contribution in [3.05, 3.63) is 24.3 Å². The zero-order valence-electron chi connectivity index (χ0n) is 17.6. The van der Waals surface area contributed by atoms with Gasteiger partial charge in [0.15, 0.2) is 6.61 Å². The first-order valence-electron chi connectivity index (χ1n) is 10.3. The van der Waals surface area contributed by atoms with Gasteiger partial charge >= 0.3 is 0 Å². The number of carbonyl (C=O) groups is 2. The van der Waals surface area contributed by atoms with Crippen LogP contribution in [0.2, 0.25) is 0 Å². The number of nitrogens with zero attached hydrogens (tertiary/aromatic N) is 1. The van der Waals surface area contributed by atoms with Crippen molar-refractivity contribution in [2.45, 2.75) is 59.0 Å². The Morgan fingerprint density at radius 2 is 1.79 bits per heavy atom. The maximum atomic E-state index is 12.7. The third-order valence-corrected chi connectivity index (χ3v) is 4.92. The van der Waals surface area contributed by atoms with Gasteiger partial charge in [0.1, 0.15) is 11.4 Å². The lowest BCUT2D eigenvalue weighted by atomic mass is 9.93. The van der Waals surface area contributed by atoms with Crippen LogP contribution in [0.15, 0.2) is 24.3 Å². The smallest absolute Gasteiger partial charge is 0.260 e. The van der Waals surface area contributed by atoms with Crippen molar-refractivity contribution in [2.24, 2.45) is 5.92 Å². The lowest BCUT2D eigenvalue weighted by molar-refractivity contribution is -0.140. The maximum Gasteiger partial charge on any atom is 0.260 e. The predicted octanol–water partition coefficient (Wildman–Crippen LogP) is 3.86. The van der Waals surface area contributed by atoms with Gasteiger partial charge in [-0.25, -0.2) is 0 Å². The highest BCUT2D eigenvalue weighted by atomic mass is 16.5. The summed E-state index contributed by atoms with van der Waals surface area (Å²) in [5.41, 5.74) is -0.187. The highest BCUT2D eigenvalue weighted by Gasteiger charge is 2.34. The molecule has 1 atom stereocenters. The number of carbonyl (C=O) groups excluding carboxylic acids is 2. The second-order valence-corrected chi connectivity index (χ2v) is 7.97. The summed E-state index contributed by atoms with van der Waals surface area (Å²) < 4.78 is 11.4. The van der Waals surface area contributed by atoms with Crippen LogP contribution in [0.25, 0.3) is 0 Å². The van der Waals surface area contributed by atoms with E-state index >= 15 is 0 Å². The first kappa shape index (κ1) is 22.2. The van der Waals surface area contributed by atoms with Gasteiger partial charge in [-0.1, -0.05) is 13.8 Å². The van der Waals surface area contributed by atoms with Crippen LogP contribution >= 0.6 is 0 Å². The molecule has 0 aliphatic carbocycles. The number of amides is 2. The largest absolute Gasteiger partial charge is 0.484 e. The molecule has 6 nitrogen and oxygen atoms in total. The highest BCUT2D eigenvalue weighted by molar-refractivity contribution is 5.97. The van der Waals surface area contributed by atoms with Gasteiger partial charge < -0.3 is 19.7 Å². The van der Waals surface area contributed by atoms with E-state index in [-0.39, 0.29) is 18.4 Å². The van der Waals surface area contributed by atoms with Gasteiger partial charge in [0.2, 0.25) is 0 Å². The molecule has 28 heavy (non-hydrogen) atoms. The average molecular weight is 391 g/mol. The van der Waals surface area contributed by atoms with Crippen molar-refractivity contribution < 1.29 is 19.1 Å². The standard InChI is InChI=1S/C22H34N2O4/c1-5-28-22(4,15-17(2)3)21(26)23-18-9-11-19(12-10-18)27-16-20(25)24-13-7-6-8-14-24/h9-12,17H,5-8,13-16H2,1-4H3,(H,23,26)/t22-/m0/s1. The van der Waals surface area contributed by atoms with E-state index in [4.69, 9.17) is 9.47 Å². The Morgan fingerprint density at radius 1 is 1.14 bits per heavy atom. The van der Waals surface area contributed by atoms with E-state index < -0.39 is 5.60 Å². The Hall–Kier alpha value is -2.08. The second-order valence-electron chi connectivity index (χ2n) is 7.97. The topological polar surface area (TPSA) is 67.9 Å². The number of hydrogen-bond donors (Lipinski definition) is 1. The number of likely N-dealkylation sites (tertiary alicyclic amines) is 1. The molecule has 1 saturated heterocycles. The van der Waals surface area contributed by atoms with Gasteiger partial charge in [0, 0.05) is 25.4 Å². The minimum atomic E-state index is -0.862. The van der Waals surface area contributed by atoms with Crippen LogP contribution in [0, 0.1) is 5.92 Å². The van der Waals surface area contributed by atoms with Crippen LogP contribution in [0.4, 0.5) is 5.69 Å². The summed E-state index contributed by atoms with van der Waals surface area (Å²) in [5.74, 6) is 0.823. The molecule has 0 aromatic heterocycles. The minimum Gasteiger partial charge on any atom is -0.484 e. The Balaban J connectivity index is 1.88. The summed E-state index contributed by atoms with van der Waals surface area (Å²) in [4.78, 5) is 26.8. The van der Waals surface area contributed by atoms with E-state index in [1.165, 1.54) is 6.42 Å². The molecular weight excluding hydrogens is 356 g/mol. The molecule has 1 heterocycles. The second kappa shape index (κ2) is 10.5. The number of rotatable bonds is 9. The fraction of sp³-hybridized carbons (Fsp3) is 0.636. The van der Waals surface area contributed by atoms with Crippen molar-refractivity contribution in [2.75, 3.05) is 31.6 Å². The summed E-state index contributed by atoms with van der Waals surface area (Å²) in [6.07, 6.45) is 3.97. The van der Waals surface area contributed by atoms with Gasteiger partial charge in [-0.3, -0.25) is 9.59 Å². The van der Waals surface area contributed by atoms with E-state index in [0.717, 1.165) is 25.9 Å². The van der Waals surface area contributed by atoms with Crippen molar-refractivity contribution >= 4 is 17.5 Å². The van der Waals surface area contributed by atoms with E-state index in [1.807, 2.05) is 18.7 Å². The van der Waals surface area contributed by atoms with Gasteiger partial charge in [0.25, 0.3) is 11.8 Å². The highest BCUT2D eigenvalue weighted by Crippen LogP contribution is 2.24. The summed E-state index contributed by atoms with van der Waals surface area (Å²) in [6, 6.07) is 7.08. The third-order valence-electron chi connectivity index (χ3n) is 4.92. The Bertz CT molecular complexity index is 638. The van der Waals surface area contributed by atoms with Gasteiger partial charge in [0.05, 0.1) is 0 Å². The zero-order valence-corrected chi connectivity index (χ0v) is 17.6. The molecule has 0 radical (unpaired) electrons. The maximum absolute atomic E-state index is 12.7. The molecule has 6 heteroatoms. The van der Waals surface area contributed by atoms with Crippen molar-refractivity contribution in [1.29, 1.82) is 0 Å². The molecule has 1 aromatic carbocycles. The van der Waals surface area contributed by atoms with Crippen LogP contribution in [-0.4, -0.2) is 48.6 Å². The molecule has 2 rings (SSSR count). The van der Waals surface area contributed by atoms with E-state index in [9.17, 15) is 9.59 Å². The average Bonchev–Trinajstić information content (AvgIpc) is 2.67. The molecule has 1 fully saturated rings.